The van der Waals surface area contributed by atoms with E-state index < -0.39 is 10.0 Å². The molecule has 106 valence electrons. The molecule has 5 nitrogen and oxygen atoms in total. The van der Waals surface area contributed by atoms with E-state index in [2.05, 4.69) is 9.71 Å². The molecule has 0 saturated carbocycles. The number of anilines is 1. The number of nitrogens with one attached hydrogen (secondary N) is 1. The molecule has 0 unspecified atom stereocenters. The van der Waals surface area contributed by atoms with Crippen molar-refractivity contribution in [1.29, 1.82) is 0 Å². The van der Waals surface area contributed by atoms with Crippen molar-refractivity contribution in [1.82, 2.24) is 4.98 Å². The number of hydrogen-bond acceptors (Lipinski definition) is 4. The van der Waals surface area contributed by atoms with E-state index in [1.165, 1.54) is 24.4 Å². The quantitative estimate of drug-likeness (QED) is 0.921. The summed E-state index contributed by atoms with van der Waals surface area (Å²) in [6, 6.07) is 9.25. The van der Waals surface area contributed by atoms with Crippen molar-refractivity contribution in [3.63, 3.8) is 0 Å². The van der Waals surface area contributed by atoms with E-state index in [-0.39, 0.29) is 10.7 Å². The normalized spacial score (nSPS) is 11.1. The van der Waals surface area contributed by atoms with Crippen LogP contribution in [0, 0.1) is 0 Å². The Bertz CT molecular complexity index is 690. The fourth-order valence-corrected chi connectivity index (χ4v) is 2.73. The fourth-order valence-electron chi connectivity index (χ4n) is 1.54. The maximum atomic E-state index is 12.2. The Morgan fingerprint density at radius 1 is 1.30 bits per heavy atom. The van der Waals surface area contributed by atoms with Crippen molar-refractivity contribution in [3.05, 3.63) is 47.6 Å². The molecular weight excluding hydrogens is 300 g/mol. The molecule has 0 aliphatic heterocycles. The van der Waals surface area contributed by atoms with E-state index in [4.69, 9.17) is 16.3 Å². The van der Waals surface area contributed by atoms with Gasteiger partial charge in [-0.1, -0.05) is 17.7 Å². The molecular formula is C13H13ClN2O3S. The van der Waals surface area contributed by atoms with E-state index in [9.17, 15) is 8.42 Å². The maximum absolute atomic E-state index is 12.2. The number of hydrogen-bond donors (Lipinski definition) is 1. The third-order valence-electron chi connectivity index (χ3n) is 2.42. The molecule has 0 saturated heterocycles. The first kappa shape index (κ1) is 14.6. The lowest BCUT2D eigenvalue weighted by Gasteiger charge is -2.10. The summed E-state index contributed by atoms with van der Waals surface area (Å²) in [5, 5.41) is 0.364. The van der Waals surface area contributed by atoms with Gasteiger partial charge in [0.2, 0.25) is 0 Å². The maximum Gasteiger partial charge on any atom is 0.263 e. The lowest BCUT2D eigenvalue weighted by atomic mass is 10.3. The number of halogens is 1. The number of sulfonamides is 1. The van der Waals surface area contributed by atoms with Crippen LogP contribution >= 0.6 is 11.6 Å². The Balaban J connectivity index is 2.32. The largest absolute Gasteiger partial charge is 0.492 e. The molecule has 1 aromatic heterocycles. The van der Waals surface area contributed by atoms with Gasteiger partial charge in [0.1, 0.15) is 11.6 Å². The molecule has 0 radical (unpaired) electrons. The summed E-state index contributed by atoms with van der Waals surface area (Å²) in [4.78, 5) is 3.98. The van der Waals surface area contributed by atoms with Crippen LogP contribution in [0.3, 0.4) is 0 Å². The SMILES string of the molecule is CCOc1cc(S(=O)(=O)Nc2ccccn2)ccc1Cl. The van der Waals surface area contributed by atoms with Gasteiger partial charge in [0.25, 0.3) is 10.0 Å². The Morgan fingerprint density at radius 2 is 2.10 bits per heavy atom. The predicted molar refractivity (Wildman–Crippen MR) is 77.7 cm³/mol. The van der Waals surface area contributed by atoms with Crippen LogP contribution in [0.2, 0.25) is 5.02 Å². The summed E-state index contributed by atoms with van der Waals surface area (Å²) in [6.45, 7) is 2.19. The molecule has 0 aliphatic carbocycles. The summed E-state index contributed by atoms with van der Waals surface area (Å²) in [5.74, 6) is 0.582. The molecule has 2 aromatic rings. The topological polar surface area (TPSA) is 68.3 Å². The van der Waals surface area contributed by atoms with Crippen LogP contribution in [-0.2, 0) is 10.0 Å². The lowest BCUT2D eigenvalue weighted by Crippen LogP contribution is -2.14. The van der Waals surface area contributed by atoms with Crippen LogP contribution in [0.5, 0.6) is 5.75 Å². The minimum absolute atomic E-state index is 0.0657. The molecule has 1 heterocycles. The van der Waals surface area contributed by atoms with Crippen molar-refractivity contribution in [2.24, 2.45) is 0 Å². The predicted octanol–water partition coefficient (Wildman–Crippen LogP) is 2.93. The standard InChI is InChI=1S/C13H13ClN2O3S/c1-2-19-12-9-10(6-7-11(12)14)20(17,18)16-13-5-3-4-8-15-13/h3-9H,2H2,1H3,(H,15,16). The van der Waals surface area contributed by atoms with Gasteiger partial charge in [-0.2, -0.15) is 0 Å². The number of aromatic nitrogens is 1. The fraction of sp³-hybridized carbons (Fsp3) is 0.154. The van der Waals surface area contributed by atoms with Crippen LogP contribution in [0.25, 0.3) is 0 Å². The Kier molecular flexibility index (Phi) is 4.46. The number of pyridine rings is 1. The third-order valence-corrected chi connectivity index (χ3v) is 4.08. The Hall–Kier alpha value is -1.79. The lowest BCUT2D eigenvalue weighted by molar-refractivity contribution is 0.339. The minimum atomic E-state index is -3.72. The van der Waals surface area contributed by atoms with Crippen LogP contribution in [0.1, 0.15) is 6.92 Å². The summed E-state index contributed by atoms with van der Waals surface area (Å²) in [5.41, 5.74) is 0. The Labute approximate surface area is 122 Å². The van der Waals surface area contributed by atoms with Gasteiger partial charge in [-0.25, -0.2) is 13.4 Å². The molecule has 0 spiro atoms. The molecule has 20 heavy (non-hydrogen) atoms. The second-order valence-electron chi connectivity index (χ2n) is 3.85. The summed E-state index contributed by atoms with van der Waals surface area (Å²) >= 11 is 5.93. The molecule has 0 bridgehead atoms. The molecule has 2 rings (SSSR count). The second-order valence-corrected chi connectivity index (χ2v) is 5.94. The van der Waals surface area contributed by atoms with Crippen molar-refractivity contribution in [2.45, 2.75) is 11.8 Å². The van der Waals surface area contributed by atoms with E-state index in [1.54, 1.807) is 25.1 Å². The number of ether oxygens (including phenoxy) is 1. The molecule has 1 N–H and O–H groups in total. The van der Waals surface area contributed by atoms with Gasteiger partial charge in [0.05, 0.1) is 16.5 Å². The summed E-state index contributed by atoms with van der Waals surface area (Å²) in [6.07, 6.45) is 1.51. The first-order valence-electron chi connectivity index (χ1n) is 5.89. The minimum Gasteiger partial charge on any atom is -0.492 e. The van der Waals surface area contributed by atoms with Crippen LogP contribution in [0.15, 0.2) is 47.5 Å². The van der Waals surface area contributed by atoms with Crippen molar-refractivity contribution in [2.75, 3.05) is 11.3 Å². The van der Waals surface area contributed by atoms with E-state index in [0.717, 1.165) is 0 Å². The van der Waals surface area contributed by atoms with Gasteiger partial charge in [-0.15, -0.1) is 0 Å². The molecule has 0 amide bonds. The monoisotopic (exact) mass is 312 g/mol. The highest BCUT2D eigenvalue weighted by Crippen LogP contribution is 2.28. The van der Waals surface area contributed by atoms with Gasteiger partial charge in [-0.05, 0) is 31.2 Å². The average Bonchev–Trinajstić information content (AvgIpc) is 2.42. The second kappa shape index (κ2) is 6.11. The highest BCUT2D eigenvalue weighted by molar-refractivity contribution is 7.92. The van der Waals surface area contributed by atoms with Gasteiger partial charge < -0.3 is 4.74 Å². The zero-order chi connectivity index (χ0) is 14.6. The smallest absolute Gasteiger partial charge is 0.263 e. The zero-order valence-electron chi connectivity index (χ0n) is 10.7. The number of nitrogens with zero attached hydrogens (tertiary/aromatic N) is 1. The first-order valence-corrected chi connectivity index (χ1v) is 7.75. The number of benzene rings is 1. The van der Waals surface area contributed by atoms with E-state index in [1.807, 2.05) is 0 Å². The molecule has 7 heteroatoms. The third kappa shape index (κ3) is 3.40. The van der Waals surface area contributed by atoms with Crippen molar-refractivity contribution >= 4 is 27.4 Å². The van der Waals surface area contributed by atoms with Gasteiger partial charge in [0.15, 0.2) is 0 Å². The first-order chi connectivity index (χ1) is 9.53. The molecule has 0 aliphatic rings. The van der Waals surface area contributed by atoms with Gasteiger partial charge in [-0.3, -0.25) is 4.72 Å². The van der Waals surface area contributed by atoms with Crippen LogP contribution in [-0.4, -0.2) is 20.0 Å². The molecule has 1 aromatic carbocycles. The number of rotatable bonds is 5. The zero-order valence-corrected chi connectivity index (χ0v) is 12.3. The van der Waals surface area contributed by atoms with Crippen LogP contribution in [0.4, 0.5) is 5.82 Å². The van der Waals surface area contributed by atoms with Crippen molar-refractivity contribution < 1.29 is 13.2 Å². The Morgan fingerprint density at radius 3 is 2.75 bits per heavy atom. The van der Waals surface area contributed by atoms with Crippen molar-refractivity contribution in [3.8, 4) is 5.75 Å². The van der Waals surface area contributed by atoms with Gasteiger partial charge >= 0.3 is 0 Å². The average molecular weight is 313 g/mol. The van der Waals surface area contributed by atoms with E-state index >= 15 is 0 Å². The van der Waals surface area contributed by atoms with Gasteiger partial charge in [0, 0.05) is 12.3 Å². The highest BCUT2D eigenvalue weighted by Gasteiger charge is 2.16. The molecule has 0 atom stereocenters. The molecule has 0 fully saturated rings. The van der Waals surface area contributed by atoms with Crippen LogP contribution < -0.4 is 9.46 Å². The summed E-state index contributed by atoms with van der Waals surface area (Å²) < 4.78 is 32.1. The summed E-state index contributed by atoms with van der Waals surface area (Å²) in [7, 11) is -3.72. The van der Waals surface area contributed by atoms with E-state index in [0.29, 0.717) is 17.4 Å². The highest BCUT2D eigenvalue weighted by atomic mass is 35.5.